The third-order valence-corrected chi connectivity index (χ3v) is 3.26. The number of carbonyl (C=O) groups is 1. The molecule has 1 aromatic rings. The van der Waals surface area contributed by atoms with Crippen molar-refractivity contribution in [2.45, 2.75) is 45.1 Å². The maximum atomic E-state index is 12.7. The molecule has 1 aliphatic rings. The fourth-order valence-electron chi connectivity index (χ4n) is 2.25. The van der Waals surface area contributed by atoms with E-state index < -0.39 is 23.4 Å². The van der Waals surface area contributed by atoms with E-state index in [-0.39, 0.29) is 11.9 Å². The summed E-state index contributed by atoms with van der Waals surface area (Å²) in [4.78, 5) is 13.4. The average molecular weight is 331 g/mol. The summed E-state index contributed by atoms with van der Waals surface area (Å²) in [5.41, 5.74) is -1.34. The lowest BCUT2D eigenvalue weighted by atomic mass is 10.2. The van der Waals surface area contributed by atoms with E-state index in [0.29, 0.717) is 19.5 Å². The van der Waals surface area contributed by atoms with Crippen molar-refractivity contribution in [3.05, 3.63) is 29.8 Å². The molecule has 0 aliphatic carbocycles. The van der Waals surface area contributed by atoms with E-state index in [0.717, 1.165) is 12.1 Å². The Morgan fingerprint density at radius 2 is 1.96 bits per heavy atom. The SMILES string of the molecule is CC(C)(C)OC(=O)N1CCC(Oc2cccc(C(F)(F)F)c2)C1. The van der Waals surface area contributed by atoms with Crippen LogP contribution in [0.3, 0.4) is 0 Å². The first-order valence-corrected chi connectivity index (χ1v) is 7.36. The van der Waals surface area contributed by atoms with Crippen LogP contribution in [0.2, 0.25) is 0 Å². The summed E-state index contributed by atoms with van der Waals surface area (Å²) < 4.78 is 48.9. The molecule has 7 heteroatoms. The number of hydrogen-bond donors (Lipinski definition) is 0. The second-order valence-electron chi connectivity index (χ2n) is 6.48. The summed E-state index contributed by atoms with van der Waals surface area (Å²) in [6.45, 7) is 6.08. The number of ether oxygens (including phenoxy) is 2. The van der Waals surface area contributed by atoms with Gasteiger partial charge in [0, 0.05) is 13.0 Å². The molecular formula is C16H20F3NO3. The van der Waals surface area contributed by atoms with Gasteiger partial charge in [0.25, 0.3) is 0 Å². The topological polar surface area (TPSA) is 38.8 Å². The van der Waals surface area contributed by atoms with Gasteiger partial charge in [-0.3, -0.25) is 0 Å². The zero-order chi connectivity index (χ0) is 17.3. The van der Waals surface area contributed by atoms with Gasteiger partial charge in [-0.25, -0.2) is 4.79 Å². The number of benzene rings is 1. The lowest BCUT2D eigenvalue weighted by molar-refractivity contribution is -0.137. The first-order chi connectivity index (χ1) is 10.5. The fourth-order valence-corrected chi connectivity index (χ4v) is 2.25. The van der Waals surface area contributed by atoms with Crippen molar-refractivity contribution in [2.75, 3.05) is 13.1 Å². The van der Waals surface area contributed by atoms with E-state index >= 15 is 0 Å². The highest BCUT2D eigenvalue weighted by atomic mass is 19.4. The Labute approximate surface area is 133 Å². The van der Waals surface area contributed by atoms with Gasteiger partial charge in [0.1, 0.15) is 17.5 Å². The van der Waals surface area contributed by atoms with Crippen LogP contribution in [0, 0.1) is 0 Å². The van der Waals surface area contributed by atoms with Crippen molar-refractivity contribution < 1.29 is 27.4 Å². The van der Waals surface area contributed by atoms with Gasteiger partial charge in [0.15, 0.2) is 0 Å². The Kier molecular flexibility index (Phi) is 4.77. The van der Waals surface area contributed by atoms with Crippen LogP contribution in [0.5, 0.6) is 5.75 Å². The van der Waals surface area contributed by atoms with Crippen LogP contribution in [0.15, 0.2) is 24.3 Å². The van der Waals surface area contributed by atoms with Crippen LogP contribution >= 0.6 is 0 Å². The molecule has 128 valence electrons. The second-order valence-corrected chi connectivity index (χ2v) is 6.48. The van der Waals surface area contributed by atoms with E-state index in [9.17, 15) is 18.0 Å². The average Bonchev–Trinajstić information content (AvgIpc) is 2.85. The van der Waals surface area contributed by atoms with Crippen LogP contribution < -0.4 is 4.74 Å². The Morgan fingerprint density at radius 1 is 1.26 bits per heavy atom. The molecule has 1 unspecified atom stereocenters. The summed E-state index contributed by atoms with van der Waals surface area (Å²) in [5, 5.41) is 0. The smallest absolute Gasteiger partial charge is 0.416 e. The van der Waals surface area contributed by atoms with Gasteiger partial charge in [0.2, 0.25) is 0 Å². The molecule has 1 atom stereocenters. The molecule has 4 nitrogen and oxygen atoms in total. The molecule has 0 radical (unpaired) electrons. The van der Waals surface area contributed by atoms with Gasteiger partial charge in [-0.15, -0.1) is 0 Å². The molecule has 0 aromatic heterocycles. The van der Waals surface area contributed by atoms with E-state index in [1.165, 1.54) is 17.0 Å². The van der Waals surface area contributed by atoms with Gasteiger partial charge in [-0.05, 0) is 39.0 Å². The largest absolute Gasteiger partial charge is 0.489 e. The molecule has 1 saturated heterocycles. The molecule has 2 rings (SSSR count). The second kappa shape index (κ2) is 6.29. The number of rotatable bonds is 2. The predicted octanol–water partition coefficient (Wildman–Crippen LogP) is 4.09. The van der Waals surface area contributed by atoms with Crippen LogP contribution in [0.4, 0.5) is 18.0 Å². The number of hydrogen-bond acceptors (Lipinski definition) is 3. The van der Waals surface area contributed by atoms with E-state index in [4.69, 9.17) is 9.47 Å². The molecule has 1 fully saturated rings. The Balaban J connectivity index is 1.95. The van der Waals surface area contributed by atoms with E-state index in [1.807, 2.05) is 0 Å². The molecule has 23 heavy (non-hydrogen) atoms. The maximum absolute atomic E-state index is 12.7. The predicted molar refractivity (Wildman–Crippen MR) is 78.3 cm³/mol. The summed E-state index contributed by atoms with van der Waals surface area (Å²) >= 11 is 0. The van der Waals surface area contributed by atoms with Gasteiger partial charge in [-0.2, -0.15) is 13.2 Å². The van der Waals surface area contributed by atoms with E-state index in [2.05, 4.69) is 0 Å². The molecule has 0 bridgehead atoms. The Bertz CT molecular complexity index is 566. The highest BCUT2D eigenvalue weighted by Gasteiger charge is 2.33. The van der Waals surface area contributed by atoms with Gasteiger partial charge in [-0.1, -0.05) is 6.07 Å². The van der Waals surface area contributed by atoms with Crippen molar-refractivity contribution in [3.63, 3.8) is 0 Å². The molecular weight excluding hydrogens is 311 g/mol. The zero-order valence-electron chi connectivity index (χ0n) is 13.3. The molecule has 1 aromatic carbocycles. The van der Waals surface area contributed by atoms with Crippen LogP contribution in [0.25, 0.3) is 0 Å². The van der Waals surface area contributed by atoms with Gasteiger partial charge in [0.05, 0.1) is 12.1 Å². The third kappa shape index (κ3) is 5.04. The van der Waals surface area contributed by atoms with Crippen molar-refractivity contribution in [2.24, 2.45) is 0 Å². The quantitative estimate of drug-likeness (QED) is 0.819. The zero-order valence-corrected chi connectivity index (χ0v) is 13.3. The van der Waals surface area contributed by atoms with Crippen molar-refractivity contribution in [1.29, 1.82) is 0 Å². The summed E-state index contributed by atoms with van der Waals surface area (Å²) in [7, 11) is 0. The molecule has 1 aliphatic heterocycles. The Morgan fingerprint density at radius 3 is 2.57 bits per heavy atom. The van der Waals surface area contributed by atoms with Crippen LogP contribution in [0.1, 0.15) is 32.8 Å². The standard InChI is InChI=1S/C16H20F3NO3/c1-15(2,3)23-14(21)20-8-7-13(10-20)22-12-6-4-5-11(9-12)16(17,18)19/h4-6,9,13H,7-8,10H2,1-3H3. The first kappa shape index (κ1) is 17.4. The van der Waals surface area contributed by atoms with Crippen molar-refractivity contribution in [1.82, 2.24) is 4.90 Å². The monoisotopic (exact) mass is 331 g/mol. The molecule has 0 spiro atoms. The molecule has 0 saturated carbocycles. The minimum Gasteiger partial charge on any atom is -0.489 e. The fraction of sp³-hybridized carbons (Fsp3) is 0.562. The lowest BCUT2D eigenvalue weighted by Crippen LogP contribution is -2.36. The van der Waals surface area contributed by atoms with Crippen molar-refractivity contribution >= 4 is 6.09 Å². The van der Waals surface area contributed by atoms with Crippen LogP contribution in [-0.2, 0) is 10.9 Å². The summed E-state index contributed by atoms with van der Waals surface area (Å²) in [6, 6.07) is 4.74. The van der Waals surface area contributed by atoms with Gasteiger partial charge < -0.3 is 14.4 Å². The molecule has 1 heterocycles. The van der Waals surface area contributed by atoms with Crippen LogP contribution in [-0.4, -0.2) is 35.8 Å². The van der Waals surface area contributed by atoms with Crippen molar-refractivity contribution in [3.8, 4) is 5.75 Å². The number of alkyl halides is 3. The number of carbonyl (C=O) groups excluding carboxylic acids is 1. The summed E-state index contributed by atoms with van der Waals surface area (Å²) in [5.74, 6) is 0.149. The normalized spacial score (nSPS) is 18.9. The minimum absolute atomic E-state index is 0.149. The maximum Gasteiger partial charge on any atom is 0.416 e. The molecule has 1 amide bonds. The van der Waals surface area contributed by atoms with Gasteiger partial charge >= 0.3 is 12.3 Å². The first-order valence-electron chi connectivity index (χ1n) is 7.36. The Hall–Kier alpha value is -1.92. The summed E-state index contributed by atoms with van der Waals surface area (Å²) in [6.07, 6.45) is -4.63. The molecule has 0 N–H and O–H groups in total. The number of nitrogens with zero attached hydrogens (tertiary/aromatic N) is 1. The lowest BCUT2D eigenvalue weighted by Gasteiger charge is -2.24. The number of amides is 1. The highest BCUT2D eigenvalue weighted by molar-refractivity contribution is 5.68. The van der Waals surface area contributed by atoms with E-state index in [1.54, 1.807) is 20.8 Å². The highest BCUT2D eigenvalue weighted by Crippen LogP contribution is 2.32. The number of halogens is 3. The number of likely N-dealkylation sites (tertiary alicyclic amines) is 1. The third-order valence-electron chi connectivity index (χ3n) is 3.26. The minimum atomic E-state index is -4.41.